The van der Waals surface area contributed by atoms with E-state index in [2.05, 4.69) is 30.4 Å². The molecule has 0 aliphatic carbocycles. The van der Waals surface area contributed by atoms with Crippen LogP contribution in [0.1, 0.15) is 24.2 Å². The predicted octanol–water partition coefficient (Wildman–Crippen LogP) is 3.71. The van der Waals surface area contributed by atoms with Crippen molar-refractivity contribution >= 4 is 12.6 Å². The molecule has 1 aliphatic rings. The summed E-state index contributed by atoms with van der Waals surface area (Å²) in [5.41, 5.74) is 3.29. The van der Waals surface area contributed by atoms with Crippen LogP contribution in [0, 0.1) is 0 Å². The minimum Gasteiger partial charge on any atom is -0.532 e. The second-order valence-electron chi connectivity index (χ2n) is 6.61. The molecule has 4 rings (SSSR count). The van der Waals surface area contributed by atoms with Crippen molar-refractivity contribution < 1.29 is 9.31 Å². The molecule has 1 aliphatic heterocycles. The highest BCUT2D eigenvalue weighted by atomic mass is 16.6. The molecule has 3 nitrogen and oxygen atoms in total. The van der Waals surface area contributed by atoms with Crippen molar-refractivity contribution in [1.29, 1.82) is 0 Å². The van der Waals surface area contributed by atoms with E-state index in [9.17, 15) is 0 Å². The van der Waals surface area contributed by atoms with E-state index in [1.807, 2.05) is 66.7 Å². The highest BCUT2D eigenvalue weighted by Crippen LogP contribution is 2.27. The number of hydrogen-bond acceptors (Lipinski definition) is 3. The summed E-state index contributed by atoms with van der Waals surface area (Å²) < 4.78 is 12.9. The molecule has 0 radical (unpaired) electrons. The van der Waals surface area contributed by atoms with Crippen LogP contribution in [-0.2, 0) is 11.2 Å². The summed E-state index contributed by atoms with van der Waals surface area (Å²) in [5, 5.41) is 3.60. The lowest BCUT2D eigenvalue weighted by atomic mass is 9.78. The van der Waals surface area contributed by atoms with Gasteiger partial charge in [0, 0.05) is 18.2 Å². The monoisotopic (exact) mass is 343 g/mol. The highest BCUT2D eigenvalue weighted by Gasteiger charge is 2.33. The molecule has 0 fully saturated rings. The fraction of sp³-hybridized carbons (Fsp3) is 0.182. The van der Waals surface area contributed by atoms with Crippen LogP contribution in [-0.4, -0.2) is 13.2 Å². The minimum atomic E-state index is -0.468. The van der Waals surface area contributed by atoms with Crippen LogP contribution in [0.25, 0.3) is 0 Å². The molecule has 1 heterocycles. The van der Waals surface area contributed by atoms with E-state index >= 15 is 0 Å². The Bertz CT molecular complexity index is 841. The topological polar surface area (TPSA) is 30.5 Å². The largest absolute Gasteiger partial charge is 0.563 e. The molecule has 2 atom stereocenters. The van der Waals surface area contributed by atoms with E-state index in [4.69, 9.17) is 9.31 Å². The zero-order valence-electron chi connectivity index (χ0n) is 14.8. The summed E-state index contributed by atoms with van der Waals surface area (Å²) in [6, 6.07) is 28.7. The Labute approximate surface area is 155 Å². The summed E-state index contributed by atoms with van der Waals surface area (Å²) in [6.07, 6.45) is -0.115. The maximum atomic E-state index is 6.53. The molecule has 0 bridgehead atoms. The van der Waals surface area contributed by atoms with Gasteiger partial charge in [-0.05, 0) is 24.0 Å². The molecule has 130 valence electrons. The van der Waals surface area contributed by atoms with Gasteiger partial charge in [0.2, 0.25) is 0 Å². The standard InChI is InChI=1S/C22H22BNO2/c1-17-22(18-10-4-2-5-11-18)26-23(20-13-6-3-7-14-20)25-21-15-9-8-12-19(21)16-24-17/h2-15,17,22,24H,16H2,1H3/t17-,22-/m1/s1. The van der Waals surface area contributed by atoms with Gasteiger partial charge in [0.25, 0.3) is 0 Å². The molecule has 4 heteroatoms. The Balaban J connectivity index is 1.74. The first-order chi connectivity index (χ1) is 12.8. The van der Waals surface area contributed by atoms with E-state index in [-0.39, 0.29) is 12.1 Å². The minimum absolute atomic E-state index is 0.115. The van der Waals surface area contributed by atoms with E-state index in [0.717, 1.165) is 28.9 Å². The molecule has 0 saturated heterocycles. The zero-order valence-corrected chi connectivity index (χ0v) is 14.8. The first kappa shape index (κ1) is 16.9. The molecule has 3 aromatic carbocycles. The van der Waals surface area contributed by atoms with Crippen LogP contribution in [0.4, 0.5) is 0 Å². The van der Waals surface area contributed by atoms with E-state index in [1.165, 1.54) is 0 Å². The SMILES string of the molecule is C[C@H]1NCc2ccccc2OB(c2ccccc2)O[C@H]1c1ccccc1. The van der Waals surface area contributed by atoms with Crippen molar-refractivity contribution in [2.45, 2.75) is 25.6 Å². The number of hydrogen-bond donors (Lipinski definition) is 1. The van der Waals surface area contributed by atoms with Crippen molar-refractivity contribution in [1.82, 2.24) is 5.32 Å². The summed E-state index contributed by atoms with van der Waals surface area (Å²) >= 11 is 0. The summed E-state index contributed by atoms with van der Waals surface area (Å²) in [6.45, 7) is 2.90. The third kappa shape index (κ3) is 3.67. The lowest BCUT2D eigenvalue weighted by Gasteiger charge is -2.27. The predicted molar refractivity (Wildman–Crippen MR) is 105 cm³/mol. The Hall–Kier alpha value is -2.56. The number of fused-ring (bicyclic) bond motifs is 1. The second kappa shape index (κ2) is 7.77. The first-order valence-electron chi connectivity index (χ1n) is 9.04. The van der Waals surface area contributed by atoms with Crippen LogP contribution < -0.4 is 15.4 Å². The lowest BCUT2D eigenvalue weighted by Crippen LogP contribution is -2.43. The molecule has 0 amide bonds. The van der Waals surface area contributed by atoms with Crippen molar-refractivity contribution in [2.24, 2.45) is 0 Å². The van der Waals surface area contributed by atoms with Gasteiger partial charge in [-0.25, -0.2) is 0 Å². The van der Waals surface area contributed by atoms with Crippen molar-refractivity contribution in [3.8, 4) is 5.75 Å². The van der Waals surface area contributed by atoms with Gasteiger partial charge in [-0.15, -0.1) is 0 Å². The maximum absolute atomic E-state index is 6.53. The number of para-hydroxylation sites is 1. The molecule has 1 N–H and O–H groups in total. The summed E-state index contributed by atoms with van der Waals surface area (Å²) in [5.74, 6) is 0.856. The fourth-order valence-corrected chi connectivity index (χ4v) is 3.30. The van der Waals surface area contributed by atoms with Gasteiger partial charge in [0.1, 0.15) is 5.75 Å². The van der Waals surface area contributed by atoms with E-state index < -0.39 is 7.12 Å². The molecule has 26 heavy (non-hydrogen) atoms. The Morgan fingerprint density at radius 2 is 1.50 bits per heavy atom. The zero-order chi connectivity index (χ0) is 17.8. The fourth-order valence-electron chi connectivity index (χ4n) is 3.30. The van der Waals surface area contributed by atoms with Crippen LogP contribution in [0.2, 0.25) is 0 Å². The quantitative estimate of drug-likeness (QED) is 0.720. The van der Waals surface area contributed by atoms with Gasteiger partial charge in [-0.2, -0.15) is 0 Å². The normalized spacial score (nSPS) is 20.3. The van der Waals surface area contributed by atoms with E-state index in [1.54, 1.807) is 0 Å². The number of benzene rings is 3. The third-order valence-electron chi connectivity index (χ3n) is 4.75. The van der Waals surface area contributed by atoms with Gasteiger partial charge in [-0.1, -0.05) is 78.9 Å². The van der Waals surface area contributed by atoms with Crippen LogP contribution in [0.5, 0.6) is 5.75 Å². The van der Waals surface area contributed by atoms with Gasteiger partial charge in [0.15, 0.2) is 0 Å². The molecule has 0 saturated carbocycles. The second-order valence-corrected chi connectivity index (χ2v) is 6.61. The average molecular weight is 343 g/mol. The Morgan fingerprint density at radius 1 is 0.846 bits per heavy atom. The third-order valence-corrected chi connectivity index (χ3v) is 4.75. The summed E-state index contributed by atoms with van der Waals surface area (Å²) in [4.78, 5) is 0. The molecule has 0 spiro atoms. The van der Waals surface area contributed by atoms with E-state index in [0.29, 0.717) is 0 Å². The Morgan fingerprint density at radius 3 is 2.27 bits per heavy atom. The van der Waals surface area contributed by atoms with Crippen molar-refractivity contribution in [3.63, 3.8) is 0 Å². The van der Waals surface area contributed by atoms with Gasteiger partial charge in [-0.3, -0.25) is 0 Å². The Kier molecular flexibility index (Phi) is 5.05. The van der Waals surface area contributed by atoms with Gasteiger partial charge >= 0.3 is 7.12 Å². The number of nitrogens with one attached hydrogen (secondary N) is 1. The lowest BCUT2D eigenvalue weighted by molar-refractivity contribution is 0.144. The van der Waals surface area contributed by atoms with Gasteiger partial charge in [0.05, 0.1) is 6.10 Å². The molecular weight excluding hydrogens is 321 g/mol. The first-order valence-corrected chi connectivity index (χ1v) is 9.04. The maximum Gasteiger partial charge on any atom is 0.563 e. The molecule has 0 unspecified atom stereocenters. The van der Waals surface area contributed by atoms with Crippen LogP contribution in [0.3, 0.4) is 0 Å². The van der Waals surface area contributed by atoms with Gasteiger partial charge < -0.3 is 14.6 Å². The molecule has 3 aromatic rings. The average Bonchev–Trinajstić information content (AvgIpc) is 2.77. The van der Waals surface area contributed by atoms with Crippen LogP contribution >= 0.6 is 0 Å². The summed E-state index contributed by atoms with van der Waals surface area (Å²) in [7, 11) is -0.468. The molecule has 0 aromatic heterocycles. The van der Waals surface area contributed by atoms with Crippen molar-refractivity contribution in [2.75, 3.05) is 0 Å². The number of rotatable bonds is 2. The smallest absolute Gasteiger partial charge is 0.532 e. The highest BCUT2D eigenvalue weighted by molar-refractivity contribution is 6.62. The van der Waals surface area contributed by atoms with Crippen LogP contribution in [0.15, 0.2) is 84.9 Å². The molecular formula is C22H22BNO2. The van der Waals surface area contributed by atoms with Crippen molar-refractivity contribution in [3.05, 3.63) is 96.1 Å².